The Kier molecular flexibility index (Phi) is 16.4. The molecule has 2 atom stereocenters. The predicted octanol–water partition coefficient (Wildman–Crippen LogP) is 13.8. The van der Waals surface area contributed by atoms with Gasteiger partial charge in [0, 0.05) is 97.9 Å². The van der Waals surface area contributed by atoms with Crippen LogP contribution in [-0.2, 0) is 19.5 Å². The van der Waals surface area contributed by atoms with Gasteiger partial charge in [0.1, 0.15) is 17.3 Å². The van der Waals surface area contributed by atoms with Crippen molar-refractivity contribution in [3.05, 3.63) is 316 Å². The summed E-state index contributed by atoms with van der Waals surface area (Å²) in [4.78, 5) is 24.9. The average molecular weight is 1260 g/mol. The van der Waals surface area contributed by atoms with Crippen LogP contribution >= 0.6 is 0 Å². The Morgan fingerprint density at radius 1 is 0.422 bits per heavy atom. The molecule has 0 fully saturated rings. The minimum absolute atomic E-state index is 0. The first kappa shape index (κ1) is 57.0. The first-order valence-corrected chi connectivity index (χ1v) is 30.5. The Bertz CT molecular complexity index is 4610. The maximum absolute atomic E-state index is 6.35. The fraction of sp³-hybridized carbons (Fsp3) is 0.104. The van der Waals surface area contributed by atoms with Gasteiger partial charge in [-0.2, -0.15) is 0 Å². The summed E-state index contributed by atoms with van der Waals surface area (Å²) < 4.78 is 12.6. The number of nitrogens with one attached hydrogen (secondary N) is 7. The van der Waals surface area contributed by atoms with E-state index in [2.05, 4.69) is 246 Å². The SMILES string of the molecule is C1=Cc2c(c3c(c4[nH]c(-c5ccc(OCCCCOc6ccc(/C7=C8\C=CC(N8)/C(c8ccccc8)=c8/cc/c([nH]8)=C(\c8ccccc8)C8C=C/C(=C(\c9ccccc9)c9ccc7[nH]9)N8)cc6)cc5)nc24)C=CCN3)NC1.[Ru+2].c1ccc(-c2ccccn2)nc1. The summed E-state index contributed by atoms with van der Waals surface area (Å²) in [5, 5.41) is 17.2. The van der Waals surface area contributed by atoms with Crippen molar-refractivity contribution in [3.8, 4) is 34.3 Å². The van der Waals surface area contributed by atoms with Crippen LogP contribution in [0.5, 0.6) is 11.5 Å². The van der Waals surface area contributed by atoms with Crippen molar-refractivity contribution in [1.29, 1.82) is 0 Å². The van der Waals surface area contributed by atoms with Gasteiger partial charge in [0.05, 0.1) is 59.1 Å². The van der Waals surface area contributed by atoms with Gasteiger partial charge in [0.2, 0.25) is 0 Å². The van der Waals surface area contributed by atoms with Crippen LogP contribution in [0, 0.1) is 0 Å². The summed E-state index contributed by atoms with van der Waals surface area (Å²) >= 11 is 0. The van der Waals surface area contributed by atoms with E-state index in [4.69, 9.17) is 14.5 Å². The second-order valence-electron chi connectivity index (χ2n) is 22.4. The van der Waals surface area contributed by atoms with Gasteiger partial charge in [-0.1, -0.05) is 152 Å². The molecule has 16 rings (SSSR count). The molecule has 5 aliphatic heterocycles. The van der Waals surface area contributed by atoms with E-state index in [9.17, 15) is 0 Å². The third-order valence-corrected chi connectivity index (χ3v) is 16.7. The summed E-state index contributed by atoms with van der Waals surface area (Å²) in [6, 6.07) is 69.1. The van der Waals surface area contributed by atoms with Crippen molar-refractivity contribution in [1.82, 2.24) is 40.5 Å². The number of pyridine rings is 2. The molecule has 90 heavy (non-hydrogen) atoms. The molecule has 0 radical (unpaired) electrons. The molecule has 7 N–H and O–H groups in total. The number of hydrogen-bond donors (Lipinski definition) is 7. The van der Waals surface area contributed by atoms with Crippen LogP contribution in [-0.4, -0.2) is 68.3 Å². The number of nitrogens with zero attached hydrogens (tertiary/aromatic N) is 3. The van der Waals surface area contributed by atoms with Gasteiger partial charge in [0.25, 0.3) is 0 Å². The number of rotatable bonds is 13. The molecular formula is C77H64N10O2Ru+2. The number of anilines is 2. The zero-order valence-corrected chi connectivity index (χ0v) is 51.0. The third-order valence-electron chi connectivity index (χ3n) is 16.7. The Morgan fingerprint density at radius 2 is 0.889 bits per heavy atom. The normalized spacial score (nSPS) is 18.6. The van der Waals surface area contributed by atoms with Gasteiger partial charge in [-0.15, -0.1) is 0 Å². The van der Waals surface area contributed by atoms with E-state index in [1.807, 2.05) is 48.5 Å². The molecule has 0 spiro atoms. The van der Waals surface area contributed by atoms with Gasteiger partial charge in [-0.25, -0.2) is 4.98 Å². The van der Waals surface area contributed by atoms with Crippen molar-refractivity contribution in [2.24, 2.45) is 0 Å². The van der Waals surface area contributed by atoms with Crippen LogP contribution in [0.15, 0.2) is 260 Å². The molecule has 5 aromatic heterocycles. The molecule has 0 saturated heterocycles. The van der Waals surface area contributed by atoms with Gasteiger partial charge >= 0.3 is 19.5 Å². The minimum Gasteiger partial charge on any atom is -0.494 e. The number of aromatic nitrogens is 6. The molecule has 0 amide bonds. The topological polar surface area (TPSA) is 153 Å². The number of imidazole rings is 1. The van der Waals surface area contributed by atoms with E-state index in [0.29, 0.717) is 13.2 Å². The average Bonchev–Trinajstić information content (AvgIpc) is 1.54. The van der Waals surface area contributed by atoms with Gasteiger partial charge in [0.15, 0.2) is 0 Å². The number of allylic oxidation sites excluding steroid dienone is 2. The monoisotopic (exact) mass is 1260 g/mol. The maximum Gasteiger partial charge on any atom is 2.00 e. The second-order valence-corrected chi connectivity index (χ2v) is 22.4. The van der Waals surface area contributed by atoms with Crippen LogP contribution in [0.25, 0.3) is 68.3 Å². The van der Waals surface area contributed by atoms with E-state index in [0.717, 1.165) is 161 Å². The molecule has 11 aromatic rings. The third kappa shape index (κ3) is 11.7. The van der Waals surface area contributed by atoms with Crippen molar-refractivity contribution in [2.75, 3.05) is 36.9 Å². The summed E-state index contributed by atoms with van der Waals surface area (Å²) in [5.74, 6) is 2.50. The number of unbranched alkanes of at least 4 members (excludes halogenated alkanes) is 1. The summed E-state index contributed by atoms with van der Waals surface area (Å²) in [7, 11) is 0. The van der Waals surface area contributed by atoms with E-state index < -0.39 is 0 Å². The first-order chi connectivity index (χ1) is 44.1. The van der Waals surface area contributed by atoms with Crippen molar-refractivity contribution >= 4 is 56.9 Å². The maximum atomic E-state index is 6.35. The van der Waals surface area contributed by atoms with Crippen LogP contribution in [0.2, 0.25) is 0 Å². The van der Waals surface area contributed by atoms with Crippen molar-refractivity contribution in [3.63, 3.8) is 0 Å². The fourth-order valence-electron chi connectivity index (χ4n) is 12.5. The molecule has 0 saturated carbocycles. The van der Waals surface area contributed by atoms with Crippen molar-refractivity contribution in [2.45, 2.75) is 24.9 Å². The zero-order valence-electron chi connectivity index (χ0n) is 49.2. The number of ether oxygens (including phenoxy) is 2. The summed E-state index contributed by atoms with van der Waals surface area (Å²) in [5.41, 5.74) is 22.5. The molecule has 6 aromatic carbocycles. The fourth-order valence-corrected chi connectivity index (χ4v) is 12.5. The predicted molar refractivity (Wildman–Crippen MR) is 360 cm³/mol. The van der Waals surface area contributed by atoms with Crippen LogP contribution in [0.4, 0.5) is 11.4 Å². The standard InChI is InChI=1S/C67H56N8O2.C10H8N2.Ru/c1-4-14-42(15-5-1)59-51-30-32-53(70-51)60(43-16-6-2-7-17-43)55-34-36-57(72-55)62(58-37-35-56(73-58)61(44-18-8-3-9-19-44)54-33-31-52(59)71-54)45-22-26-47(27-23-45)76-40-10-11-41-77-48-28-24-46(25-29-48)67-74-65-49-20-12-38-68-63(49)64-50(66(65)75-67)21-13-39-69-64;1-3-7-11-9(5-1)10-6-2-4-8-12-10;/h1-9,12-37,51,56,68-73H,10-11,38-41H2,(H,74,75);1-8H;/q;;+2/b59-52-,60-53-,61-54-,62-58-;;. The molecule has 0 aliphatic carbocycles. The first-order valence-electron chi connectivity index (χ1n) is 30.5. The number of benzene rings is 6. The van der Waals surface area contributed by atoms with Crippen LogP contribution in [0.1, 0.15) is 57.6 Å². The largest absolute Gasteiger partial charge is 2.00 e. The Hall–Kier alpha value is -10.7. The van der Waals surface area contributed by atoms with Crippen molar-refractivity contribution < 1.29 is 29.0 Å². The Balaban J connectivity index is 0.000000487. The summed E-state index contributed by atoms with van der Waals surface area (Å²) in [6.07, 6.45) is 23.0. The molecule has 5 aliphatic rings. The van der Waals surface area contributed by atoms with E-state index in [1.165, 1.54) is 11.1 Å². The molecule has 440 valence electrons. The zero-order chi connectivity index (χ0) is 59.3. The van der Waals surface area contributed by atoms with E-state index >= 15 is 0 Å². The quantitative estimate of drug-likeness (QED) is 0.0442. The molecule has 13 heteroatoms. The molecule has 8 bridgehead atoms. The molecule has 12 nitrogen and oxygen atoms in total. The smallest absolute Gasteiger partial charge is 0.494 e. The Labute approximate surface area is 535 Å². The summed E-state index contributed by atoms with van der Waals surface area (Å²) in [6.45, 7) is 2.79. The van der Waals surface area contributed by atoms with E-state index in [-0.39, 0.29) is 31.6 Å². The number of hydrogen-bond acceptors (Lipinski definition) is 9. The number of aromatic amines is 3. The number of H-pyrrole nitrogens is 3. The van der Waals surface area contributed by atoms with Gasteiger partial charge < -0.3 is 45.7 Å². The Morgan fingerprint density at radius 3 is 1.40 bits per heavy atom. The molecule has 2 unspecified atom stereocenters. The molecule has 10 heterocycles. The van der Waals surface area contributed by atoms with Crippen LogP contribution in [0.3, 0.4) is 0 Å². The van der Waals surface area contributed by atoms with Gasteiger partial charge in [-0.3, -0.25) is 9.97 Å². The van der Waals surface area contributed by atoms with Crippen LogP contribution < -0.4 is 41.4 Å². The second kappa shape index (κ2) is 25.9. The van der Waals surface area contributed by atoms with Gasteiger partial charge in [-0.05, 0) is 132 Å². The minimum atomic E-state index is -0.108. The van der Waals surface area contributed by atoms with E-state index in [1.54, 1.807) is 12.4 Å². The number of fused-ring (bicyclic) bond motifs is 14. The molecular weight excluding hydrogens is 1200 g/mol.